The molecule has 0 bridgehead atoms. The van der Waals surface area contributed by atoms with E-state index in [0.717, 1.165) is 90.9 Å². The number of nitrogens with zero attached hydrogens (tertiary/aromatic N) is 5. The summed E-state index contributed by atoms with van der Waals surface area (Å²) in [6, 6.07) is 15.9. The van der Waals surface area contributed by atoms with Crippen molar-refractivity contribution in [1.29, 1.82) is 0 Å². The fourth-order valence-corrected chi connectivity index (χ4v) is 5.09. The molecule has 1 N–H and O–H groups in total. The monoisotopic (exact) mass is 493 g/mol. The first kappa shape index (κ1) is 24.8. The largest absolute Gasteiger partial charge is 0.508 e. The predicted octanol–water partition coefficient (Wildman–Crippen LogP) is 6.80. The number of rotatable bonds is 9. The maximum Gasteiger partial charge on any atom is 0.115 e. The van der Waals surface area contributed by atoms with Gasteiger partial charge in [-0.05, 0) is 93.5 Å². The highest BCUT2D eigenvalue weighted by atomic mass is 16.3. The lowest BCUT2D eigenvalue weighted by molar-refractivity contribution is 0.244. The molecule has 6 nitrogen and oxygen atoms in total. The predicted molar refractivity (Wildman–Crippen MR) is 150 cm³/mol. The second-order valence-corrected chi connectivity index (χ2v) is 10.1. The summed E-state index contributed by atoms with van der Waals surface area (Å²) in [6.45, 7) is 12.5. The van der Waals surface area contributed by atoms with Gasteiger partial charge in [0, 0.05) is 36.7 Å². The van der Waals surface area contributed by atoms with Gasteiger partial charge in [0.1, 0.15) is 5.75 Å². The number of hydrogen-bond acceptors (Lipinski definition) is 5. The zero-order chi connectivity index (χ0) is 25.8. The molecule has 2 aromatic carbocycles. The van der Waals surface area contributed by atoms with Gasteiger partial charge in [-0.1, -0.05) is 18.2 Å². The maximum absolute atomic E-state index is 9.76. The number of phenolic OH excluding ortho intramolecular Hbond substituents is 1. The van der Waals surface area contributed by atoms with Crippen LogP contribution in [0.1, 0.15) is 56.3 Å². The highest BCUT2D eigenvalue weighted by Gasteiger charge is 2.22. The van der Waals surface area contributed by atoms with E-state index in [-0.39, 0.29) is 5.75 Å². The summed E-state index contributed by atoms with van der Waals surface area (Å²) in [5.41, 5.74) is 7.93. The maximum atomic E-state index is 9.76. The van der Waals surface area contributed by atoms with Crippen LogP contribution in [0.2, 0.25) is 0 Å². The molecule has 0 aliphatic carbocycles. The van der Waals surface area contributed by atoms with Gasteiger partial charge in [0.25, 0.3) is 0 Å². The van der Waals surface area contributed by atoms with Crippen molar-refractivity contribution in [2.24, 2.45) is 0 Å². The Morgan fingerprint density at radius 1 is 1.00 bits per heavy atom. The van der Waals surface area contributed by atoms with Gasteiger partial charge in [0.15, 0.2) is 0 Å². The molecule has 0 radical (unpaired) electrons. The molecular weight excluding hydrogens is 458 g/mol. The third-order valence-electron chi connectivity index (χ3n) is 7.22. The van der Waals surface area contributed by atoms with Crippen LogP contribution in [0.15, 0.2) is 79.7 Å². The van der Waals surface area contributed by atoms with Gasteiger partial charge in [-0.15, -0.1) is 6.58 Å². The molecular formula is C31H35N5O. The number of benzene rings is 2. The topological polar surface area (TPSA) is 67.1 Å². The lowest BCUT2D eigenvalue weighted by atomic mass is 10.0. The second-order valence-electron chi connectivity index (χ2n) is 10.1. The summed E-state index contributed by atoms with van der Waals surface area (Å²) >= 11 is 0. The van der Waals surface area contributed by atoms with Crippen molar-refractivity contribution in [3.63, 3.8) is 0 Å². The summed E-state index contributed by atoms with van der Waals surface area (Å²) in [6.07, 6.45) is 9.99. The molecule has 1 aliphatic rings. The number of aromatic hydroxyl groups is 1. The molecule has 1 saturated heterocycles. The quantitative estimate of drug-likeness (QED) is 0.205. The number of fused-ring (bicyclic) bond motifs is 1. The minimum Gasteiger partial charge on any atom is -0.508 e. The molecule has 1 aliphatic heterocycles. The lowest BCUT2D eigenvalue weighted by Gasteiger charge is -2.35. The minimum atomic E-state index is 0.248. The van der Waals surface area contributed by atoms with E-state index in [4.69, 9.17) is 9.97 Å². The van der Waals surface area contributed by atoms with Crippen LogP contribution in [0.5, 0.6) is 5.75 Å². The summed E-state index contributed by atoms with van der Waals surface area (Å²) < 4.78 is 2.08. The Morgan fingerprint density at radius 3 is 2.49 bits per heavy atom. The third kappa shape index (κ3) is 5.74. The van der Waals surface area contributed by atoms with Gasteiger partial charge in [-0.3, -0.25) is 4.68 Å². The molecule has 1 fully saturated rings. The number of piperidine rings is 1. The fourth-order valence-electron chi connectivity index (χ4n) is 5.09. The van der Waals surface area contributed by atoms with E-state index in [1.165, 1.54) is 5.57 Å². The van der Waals surface area contributed by atoms with E-state index in [0.29, 0.717) is 6.04 Å². The van der Waals surface area contributed by atoms with Gasteiger partial charge >= 0.3 is 0 Å². The molecule has 2 aromatic heterocycles. The highest BCUT2D eigenvalue weighted by molar-refractivity contribution is 5.82. The Bertz CT molecular complexity index is 1380. The van der Waals surface area contributed by atoms with Gasteiger partial charge in [0.2, 0.25) is 0 Å². The van der Waals surface area contributed by atoms with Crippen molar-refractivity contribution in [2.45, 2.75) is 51.5 Å². The van der Waals surface area contributed by atoms with Crippen LogP contribution in [0.25, 0.3) is 28.0 Å². The van der Waals surface area contributed by atoms with E-state index in [2.05, 4.69) is 53.1 Å². The van der Waals surface area contributed by atoms with Crippen molar-refractivity contribution >= 4 is 16.7 Å². The van der Waals surface area contributed by atoms with Crippen LogP contribution in [-0.2, 0) is 6.42 Å². The molecule has 0 amide bonds. The molecule has 0 unspecified atom stereocenters. The van der Waals surface area contributed by atoms with Crippen molar-refractivity contribution in [3.05, 3.63) is 90.9 Å². The van der Waals surface area contributed by atoms with E-state index >= 15 is 0 Å². The van der Waals surface area contributed by atoms with Crippen molar-refractivity contribution < 1.29 is 5.11 Å². The number of unbranched alkanes of at least 4 members (excludes halogenated alkanes) is 1. The molecule has 4 aromatic rings. The summed E-state index contributed by atoms with van der Waals surface area (Å²) in [5.74, 6) is 0.248. The summed E-state index contributed by atoms with van der Waals surface area (Å²) in [4.78, 5) is 12.5. The third-order valence-corrected chi connectivity index (χ3v) is 7.22. The van der Waals surface area contributed by atoms with E-state index in [1.807, 2.05) is 30.5 Å². The fraction of sp³-hybridized carbons (Fsp3) is 0.323. The first-order chi connectivity index (χ1) is 18.0. The number of aromatic nitrogens is 4. The molecule has 6 heteroatoms. The number of allylic oxidation sites excluding steroid dienone is 1. The second kappa shape index (κ2) is 11.0. The first-order valence-electron chi connectivity index (χ1n) is 13.2. The van der Waals surface area contributed by atoms with Crippen LogP contribution < -0.4 is 0 Å². The van der Waals surface area contributed by atoms with E-state index in [1.54, 1.807) is 12.1 Å². The SMILES string of the molecule is C=C(C)CCCCc1nc2cc(C(=C)N3CCC(n4cccn4)CC3)ccc2nc1-c1ccc(O)cc1. The summed E-state index contributed by atoms with van der Waals surface area (Å²) in [5, 5.41) is 14.2. The lowest BCUT2D eigenvalue weighted by Crippen LogP contribution is -2.33. The van der Waals surface area contributed by atoms with Crippen LogP contribution in [0.3, 0.4) is 0 Å². The molecule has 0 atom stereocenters. The smallest absolute Gasteiger partial charge is 0.115 e. The average Bonchev–Trinajstić information content (AvgIpc) is 3.46. The van der Waals surface area contributed by atoms with Gasteiger partial charge < -0.3 is 10.0 Å². The van der Waals surface area contributed by atoms with Gasteiger partial charge in [-0.2, -0.15) is 5.10 Å². The van der Waals surface area contributed by atoms with Crippen LogP contribution in [0.4, 0.5) is 0 Å². The number of aryl methyl sites for hydroxylation is 1. The molecule has 3 heterocycles. The Balaban J connectivity index is 1.38. The standard InChI is InChI=1S/C31H35N5O/c1-22(2)7-4-5-8-29-31(24-9-12-27(37)13-10-24)34-28-14-11-25(21-30(28)33-29)23(3)35-19-15-26(16-20-35)36-18-6-17-32-36/h6,9-14,17-18,21,26,37H,1,3-5,7-8,15-16,19-20H2,2H3. The Labute approximate surface area is 219 Å². The molecule has 0 spiro atoms. The normalized spacial score (nSPS) is 14.2. The average molecular weight is 494 g/mol. The Kier molecular flexibility index (Phi) is 7.35. The first-order valence-corrected chi connectivity index (χ1v) is 13.2. The number of phenols is 1. The van der Waals surface area contributed by atoms with Crippen molar-refractivity contribution in [2.75, 3.05) is 13.1 Å². The number of hydrogen-bond donors (Lipinski definition) is 1. The molecule has 5 rings (SSSR count). The molecule has 190 valence electrons. The highest BCUT2D eigenvalue weighted by Crippen LogP contribution is 2.30. The Hall–Kier alpha value is -3.93. The zero-order valence-electron chi connectivity index (χ0n) is 21.6. The summed E-state index contributed by atoms with van der Waals surface area (Å²) in [7, 11) is 0. The Morgan fingerprint density at radius 2 is 1.78 bits per heavy atom. The van der Waals surface area contributed by atoms with Gasteiger partial charge in [0.05, 0.1) is 28.5 Å². The number of likely N-dealkylation sites (tertiary alicyclic amines) is 1. The van der Waals surface area contributed by atoms with E-state index in [9.17, 15) is 5.11 Å². The van der Waals surface area contributed by atoms with Crippen molar-refractivity contribution in [3.8, 4) is 17.0 Å². The molecule has 0 saturated carbocycles. The minimum absolute atomic E-state index is 0.248. The van der Waals surface area contributed by atoms with Crippen molar-refractivity contribution in [1.82, 2.24) is 24.6 Å². The van der Waals surface area contributed by atoms with Crippen LogP contribution in [-0.4, -0.2) is 42.8 Å². The molecule has 37 heavy (non-hydrogen) atoms. The van der Waals surface area contributed by atoms with Crippen LogP contribution >= 0.6 is 0 Å². The zero-order valence-corrected chi connectivity index (χ0v) is 21.6. The van der Waals surface area contributed by atoms with Gasteiger partial charge in [-0.25, -0.2) is 9.97 Å². The van der Waals surface area contributed by atoms with E-state index < -0.39 is 0 Å². The van der Waals surface area contributed by atoms with Crippen LogP contribution in [0, 0.1) is 0 Å².